The van der Waals surface area contributed by atoms with E-state index in [1.165, 1.54) is 12.1 Å². The molecule has 4 nitrogen and oxygen atoms in total. The molecule has 1 aromatic carbocycles. The first-order chi connectivity index (χ1) is 9.35. The molecule has 0 aliphatic carbocycles. The number of nitrogens with zero attached hydrogens (tertiary/aromatic N) is 2. The lowest BCUT2D eigenvalue weighted by atomic mass is 10.1. The van der Waals surface area contributed by atoms with E-state index in [9.17, 15) is 4.39 Å². The summed E-state index contributed by atoms with van der Waals surface area (Å²) in [7, 11) is 1.83. The van der Waals surface area contributed by atoms with Crippen molar-refractivity contribution in [2.75, 3.05) is 11.9 Å². The van der Waals surface area contributed by atoms with Gasteiger partial charge in [-0.3, -0.25) is 4.90 Å². The van der Waals surface area contributed by atoms with Crippen molar-refractivity contribution in [3.05, 3.63) is 42.0 Å². The van der Waals surface area contributed by atoms with Gasteiger partial charge in [-0.1, -0.05) is 0 Å². The molecule has 0 aliphatic rings. The average molecular weight is 277 g/mol. The summed E-state index contributed by atoms with van der Waals surface area (Å²) in [5.41, 5.74) is 1.69. The van der Waals surface area contributed by atoms with E-state index in [0.717, 1.165) is 11.4 Å². The van der Waals surface area contributed by atoms with Gasteiger partial charge < -0.3 is 9.73 Å². The predicted octanol–water partition coefficient (Wildman–Crippen LogP) is 3.47. The van der Waals surface area contributed by atoms with Gasteiger partial charge in [0, 0.05) is 24.8 Å². The smallest absolute Gasteiger partial charge is 0.301 e. The van der Waals surface area contributed by atoms with E-state index in [-0.39, 0.29) is 11.4 Å². The van der Waals surface area contributed by atoms with E-state index >= 15 is 0 Å². The Kier molecular flexibility index (Phi) is 4.09. The fourth-order valence-corrected chi connectivity index (χ4v) is 1.66. The molecule has 5 heteroatoms. The molecule has 1 heterocycles. The Morgan fingerprint density at radius 1 is 1.25 bits per heavy atom. The second-order valence-corrected chi connectivity index (χ2v) is 5.76. The minimum absolute atomic E-state index is 0.0297. The summed E-state index contributed by atoms with van der Waals surface area (Å²) in [6.07, 6.45) is 1.63. The fourth-order valence-electron chi connectivity index (χ4n) is 1.66. The predicted molar refractivity (Wildman–Crippen MR) is 77.6 cm³/mol. The number of nitrogens with one attached hydrogen (secondary N) is 1. The number of hydrogen-bond acceptors (Lipinski definition) is 4. The molecule has 0 saturated heterocycles. The Bertz CT molecular complexity index is 557. The van der Waals surface area contributed by atoms with Crippen molar-refractivity contribution in [2.24, 2.45) is 0 Å². The quantitative estimate of drug-likeness (QED) is 0.929. The first-order valence-corrected chi connectivity index (χ1v) is 6.54. The molecule has 2 rings (SSSR count). The number of hydrogen-bond donors (Lipinski definition) is 1. The Hall–Kier alpha value is -1.88. The SMILES string of the molecule is CN(c1ccc(F)cc1)c1nc(CNC(C)(C)C)co1. The maximum Gasteiger partial charge on any atom is 0.301 e. The highest BCUT2D eigenvalue weighted by Gasteiger charge is 2.13. The van der Waals surface area contributed by atoms with Crippen molar-refractivity contribution in [1.82, 2.24) is 10.3 Å². The molecule has 20 heavy (non-hydrogen) atoms. The van der Waals surface area contributed by atoms with Crippen LogP contribution in [0.3, 0.4) is 0 Å². The Labute approximate surface area is 118 Å². The summed E-state index contributed by atoms with van der Waals surface area (Å²) in [5, 5.41) is 3.35. The third kappa shape index (κ3) is 3.81. The fraction of sp³-hybridized carbons (Fsp3) is 0.400. The van der Waals surface area contributed by atoms with E-state index in [2.05, 4.69) is 31.1 Å². The Morgan fingerprint density at radius 3 is 2.50 bits per heavy atom. The highest BCUT2D eigenvalue weighted by atomic mass is 19.1. The molecule has 0 aliphatic heterocycles. The number of aromatic nitrogens is 1. The molecular formula is C15H20FN3O. The first-order valence-electron chi connectivity index (χ1n) is 6.54. The monoisotopic (exact) mass is 277 g/mol. The van der Waals surface area contributed by atoms with Crippen LogP contribution in [-0.2, 0) is 6.54 Å². The molecular weight excluding hydrogens is 257 g/mol. The summed E-state index contributed by atoms with van der Waals surface area (Å²) in [4.78, 5) is 6.19. The molecule has 0 saturated carbocycles. The highest BCUT2D eigenvalue weighted by molar-refractivity contribution is 5.54. The van der Waals surface area contributed by atoms with Crippen molar-refractivity contribution in [3.63, 3.8) is 0 Å². The zero-order valence-corrected chi connectivity index (χ0v) is 12.3. The van der Waals surface area contributed by atoms with Crippen LogP contribution < -0.4 is 10.2 Å². The van der Waals surface area contributed by atoms with Crippen LogP contribution in [-0.4, -0.2) is 17.6 Å². The molecule has 2 aromatic rings. The van der Waals surface area contributed by atoms with Crippen LogP contribution in [0.1, 0.15) is 26.5 Å². The maximum atomic E-state index is 12.9. The van der Waals surface area contributed by atoms with Crippen LogP contribution in [0.2, 0.25) is 0 Å². The second-order valence-electron chi connectivity index (χ2n) is 5.76. The molecule has 1 N–H and O–H groups in total. The van der Waals surface area contributed by atoms with Gasteiger partial charge in [0.05, 0.1) is 5.69 Å². The average Bonchev–Trinajstić information content (AvgIpc) is 2.84. The van der Waals surface area contributed by atoms with Crippen LogP contribution in [0, 0.1) is 5.82 Å². The summed E-state index contributed by atoms with van der Waals surface area (Å²) in [5.74, 6) is -0.260. The van der Waals surface area contributed by atoms with Crippen LogP contribution in [0.4, 0.5) is 16.1 Å². The number of benzene rings is 1. The van der Waals surface area contributed by atoms with Crippen LogP contribution in [0.25, 0.3) is 0 Å². The number of rotatable bonds is 4. The van der Waals surface area contributed by atoms with Crippen molar-refractivity contribution in [1.29, 1.82) is 0 Å². The van der Waals surface area contributed by atoms with Crippen LogP contribution in [0.5, 0.6) is 0 Å². The topological polar surface area (TPSA) is 41.3 Å². The van der Waals surface area contributed by atoms with Crippen molar-refractivity contribution < 1.29 is 8.81 Å². The molecule has 108 valence electrons. The van der Waals surface area contributed by atoms with Gasteiger partial charge in [-0.25, -0.2) is 4.39 Å². The third-order valence-electron chi connectivity index (χ3n) is 2.84. The lowest BCUT2D eigenvalue weighted by molar-refractivity contribution is 0.421. The first kappa shape index (κ1) is 14.5. The number of anilines is 2. The third-order valence-corrected chi connectivity index (χ3v) is 2.84. The lowest BCUT2D eigenvalue weighted by Crippen LogP contribution is -2.35. The van der Waals surface area contributed by atoms with Gasteiger partial charge in [0.15, 0.2) is 0 Å². The molecule has 0 amide bonds. The van der Waals surface area contributed by atoms with Crippen molar-refractivity contribution >= 4 is 11.7 Å². The zero-order valence-electron chi connectivity index (χ0n) is 12.3. The summed E-state index contributed by atoms with van der Waals surface area (Å²) < 4.78 is 18.4. The van der Waals surface area contributed by atoms with Gasteiger partial charge in [-0.05, 0) is 45.0 Å². The molecule has 0 spiro atoms. The maximum absolute atomic E-state index is 12.9. The minimum Gasteiger partial charge on any atom is -0.431 e. The summed E-state index contributed by atoms with van der Waals surface area (Å²) in [6.45, 7) is 6.93. The second kappa shape index (κ2) is 5.63. The van der Waals surface area contributed by atoms with E-state index in [1.54, 1.807) is 23.3 Å². The van der Waals surface area contributed by atoms with E-state index in [4.69, 9.17) is 4.42 Å². The van der Waals surface area contributed by atoms with Crippen molar-refractivity contribution in [2.45, 2.75) is 32.9 Å². The van der Waals surface area contributed by atoms with E-state index in [0.29, 0.717) is 12.6 Å². The summed E-state index contributed by atoms with van der Waals surface area (Å²) >= 11 is 0. The van der Waals surface area contributed by atoms with Gasteiger partial charge in [0.25, 0.3) is 0 Å². The number of oxazole rings is 1. The minimum atomic E-state index is -0.260. The molecule has 0 fully saturated rings. The largest absolute Gasteiger partial charge is 0.431 e. The van der Waals surface area contributed by atoms with Gasteiger partial charge in [0.2, 0.25) is 0 Å². The molecule has 0 unspecified atom stereocenters. The Morgan fingerprint density at radius 2 is 1.90 bits per heavy atom. The molecule has 0 radical (unpaired) electrons. The molecule has 0 atom stereocenters. The Balaban J connectivity index is 2.06. The van der Waals surface area contributed by atoms with Gasteiger partial charge in [-0.15, -0.1) is 0 Å². The molecule has 1 aromatic heterocycles. The number of halogens is 1. The highest BCUT2D eigenvalue weighted by Crippen LogP contribution is 2.22. The summed E-state index contributed by atoms with van der Waals surface area (Å²) in [6, 6.07) is 6.69. The van der Waals surface area contributed by atoms with Crippen molar-refractivity contribution in [3.8, 4) is 0 Å². The normalized spacial score (nSPS) is 11.7. The lowest BCUT2D eigenvalue weighted by Gasteiger charge is -2.19. The van der Waals surface area contributed by atoms with E-state index < -0.39 is 0 Å². The van der Waals surface area contributed by atoms with Gasteiger partial charge in [0.1, 0.15) is 12.1 Å². The molecule has 0 bridgehead atoms. The van der Waals surface area contributed by atoms with Crippen LogP contribution >= 0.6 is 0 Å². The van der Waals surface area contributed by atoms with Gasteiger partial charge in [-0.2, -0.15) is 4.98 Å². The zero-order chi connectivity index (χ0) is 14.8. The van der Waals surface area contributed by atoms with Crippen LogP contribution in [0.15, 0.2) is 34.9 Å². The standard InChI is InChI=1S/C15H20FN3O/c1-15(2,3)17-9-12-10-20-14(18-12)19(4)13-7-5-11(16)6-8-13/h5-8,10,17H,9H2,1-4H3. The van der Waals surface area contributed by atoms with Gasteiger partial charge >= 0.3 is 6.01 Å². The van der Waals surface area contributed by atoms with E-state index in [1.807, 2.05) is 7.05 Å².